The van der Waals surface area contributed by atoms with Gasteiger partial charge in [0.25, 0.3) is 5.91 Å². The van der Waals surface area contributed by atoms with Gasteiger partial charge in [-0.1, -0.05) is 23.9 Å². The molecule has 0 radical (unpaired) electrons. The van der Waals surface area contributed by atoms with Crippen molar-refractivity contribution in [3.8, 4) is 0 Å². The van der Waals surface area contributed by atoms with Crippen LogP contribution >= 0.6 is 27.7 Å². The minimum absolute atomic E-state index is 0.108. The van der Waals surface area contributed by atoms with E-state index in [4.69, 9.17) is 4.74 Å². The maximum absolute atomic E-state index is 13.2. The largest absolute Gasteiger partial charge is 0.377 e. The lowest BCUT2D eigenvalue weighted by Gasteiger charge is -2.36. The zero-order valence-electron chi connectivity index (χ0n) is 15.7. The topological polar surface area (TPSA) is 45.7 Å². The summed E-state index contributed by atoms with van der Waals surface area (Å²) >= 11 is 4.94. The summed E-state index contributed by atoms with van der Waals surface area (Å²) in [5.74, 6) is 0.108. The van der Waals surface area contributed by atoms with Crippen LogP contribution in [0.2, 0.25) is 0 Å². The highest BCUT2D eigenvalue weighted by atomic mass is 79.9. The first-order valence-electron chi connectivity index (χ1n) is 9.71. The Morgan fingerprint density at radius 1 is 1.18 bits per heavy atom. The molecular formula is C21H24BrN3O2S. The highest BCUT2D eigenvalue weighted by Gasteiger charge is 2.26. The second-order valence-electron chi connectivity index (χ2n) is 7.14. The van der Waals surface area contributed by atoms with Crippen molar-refractivity contribution in [3.05, 3.63) is 52.6 Å². The fraction of sp³-hybridized carbons (Fsp3) is 0.429. The van der Waals surface area contributed by atoms with Crippen molar-refractivity contribution in [1.29, 1.82) is 0 Å². The van der Waals surface area contributed by atoms with Gasteiger partial charge in [-0.3, -0.25) is 9.69 Å². The molecule has 2 aliphatic rings. The summed E-state index contributed by atoms with van der Waals surface area (Å²) in [5.41, 5.74) is 0.754. The van der Waals surface area contributed by atoms with Crippen molar-refractivity contribution in [2.45, 2.75) is 28.9 Å². The quantitative estimate of drug-likeness (QED) is 0.674. The molecule has 2 aromatic rings. The Labute approximate surface area is 178 Å². The van der Waals surface area contributed by atoms with Crippen molar-refractivity contribution < 1.29 is 9.53 Å². The number of rotatable bonds is 5. The number of hydrogen-bond donors (Lipinski definition) is 0. The summed E-state index contributed by atoms with van der Waals surface area (Å²) in [4.78, 5) is 22.9. The third-order valence-electron chi connectivity index (χ3n) is 5.18. The van der Waals surface area contributed by atoms with Crippen LogP contribution in [0, 0.1) is 0 Å². The molecule has 1 aromatic heterocycles. The molecule has 0 spiro atoms. The van der Waals surface area contributed by atoms with Gasteiger partial charge in [0.15, 0.2) is 0 Å². The van der Waals surface area contributed by atoms with E-state index in [1.165, 1.54) is 18.2 Å². The summed E-state index contributed by atoms with van der Waals surface area (Å²) in [5, 5.41) is 0.879. The number of amides is 1. The van der Waals surface area contributed by atoms with Crippen molar-refractivity contribution >= 4 is 33.6 Å². The maximum Gasteiger partial charge on any atom is 0.255 e. The summed E-state index contributed by atoms with van der Waals surface area (Å²) < 4.78 is 6.69. The maximum atomic E-state index is 13.2. The molecule has 2 saturated heterocycles. The van der Waals surface area contributed by atoms with Gasteiger partial charge in [0.2, 0.25) is 0 Å². The first kappa shape index (κ1) is 19.9. The standard InChI is InChI=1S/C21H24BrN3O2S/c22-16-7-8-20(23-14-16)28-19-6-2-1-5-18(19)21(26)25-11-9-24(10-12-25)15-17-4-3-13-27-17/h1-2,5-8,14,17H,3-4,9-13,15H2. The molecule has 5 nitrogen and oxygen atoms in total. The molecule has 1 aromatic carbocycles. The van der Waals surface area contributed by atoms with Crippen LogP contribution in [0.5, 0.6) is 0 Å². The van der Waals surface area contributed by atoms with Gasteiger partial charge < -0.3 is 9.64 Å². The average Bonchev–Trinajstić information content (AvgIpc) is 3.23. The number of carbonyl (C=O) groups excluding carboxylic acids is 1. The number of nitrogens with zero attached hydrogens (tertiary/aromatic N) is 3. The van der Waals surface area contributed by atoms with E-state index < -0.39 is 0 Å². The molecule has 0 saturated carbocycles. The molecule has 0 aliphatic carbocycles. The minimum atomic E-state index is 0.108. The van der Waals surface area contributed by atoms with Gasteiger partial charge in [0.05, 0.1) is 11.7 Å². The summed E-state index contributed by atoms with van der Waals surface area (Å²) in [6.45, 7) is 5.24. The predicted octanol–water partition coefficient (Wildman–Crippen LogP) is 3.93. The Morgan fingerprint density at radius 3 is 2.71 bits per heavy atom. The zero-order valence-corrected chi connectivity index (χ0v) is 18.1. The van der Waals surface area contributed by atoms with Gasteiger partial charge >= 0.3 is 0 Å². The zero-order chi connectivity index (χ0) is 19.3. The summed E-state index contributed by atoms with van der Waals surface area (Å²) in [6, 6.07) is 11.7. The van der Waals surface area contributed by atoms with E-state index in [-0.39, 0.29) is 5.91 Å². The molecule has 7 heteroatoms. The number of pyridine rings is 1. The predicted molar refractivity (Wildman–Crippen MR) is 114 cm³/mol. The number of piperazine rings is 1. The molecule has 1 atom stereocenters. The molecule has 28 heavy (non-hydrogen) atoms. The van der Waals surface area contributed by atoms with Crippen molar-refractivity contribution in [2.24, 2.45) is 0 Å². The van der Waals surface area contributed by atoms with Crippen LogP contribution in [-0.2, 0) is 4.74 Å². The number of ether oxygens (including phenoxy) is 1. The van der Waals surface area contributed by atoms with E-state index in [9.17, 15) is 4.79 Å². The van der Waals surface area contributed by atoms with Crippen LogP contribution < -0.4 is 0 Å². The number of benzene rings is 1. The van der Waals surface area contributed by atoms with Gasteiger partial charge in [0.1, 0.15) is 5.03 Å². The fourth-order valence-corrected chi connectivity index (χ4v) is 4.76. The van der Waals surface area contributed by atoms with E-state index in [1.807, 2.05) is 41.3 Å². The van der Waals surface area contributed by atoms with Crippen molar-refractivity contribution in [3.63, 3.8) is 0 Å². The summed E-state index contributed by atoms with van der Waals surface area (Å²) in [6.07, 6.45) is 4.48. The van der Waals surface area contributed by atoms with Crippen molar-refractivity contribution in [2.75, 3.05) is 39.3 Å². The van der Waals surface area contributed by atoms with Gasteiger partial charge in [0, 0.05) is 54.9 Å². The Morgan fingerprint density at radius 2 is 2.00 bits per heavy atom. The lowest BCUT2D eigenvalue weighted by Crippen LogP contribution is -2.50. The number of hydrogen-bond acceptors (Lipinski definition) is 5. The molecule has 1 amide bonds. The molecule has 2 fully saturated rings. The highest BCUT2D eigenvalue weighted by molar-refractivity contribution is 9.10. The Kier molecular flexibility index (Phi) is 6.67. The molecule has 4 rings (SSSR count). The van der Waals surface area contributed by atoms with E-state index in [0.717, 1.165) is 65.7 Å². The number of carbonyl (C=O) groups is 1. The Bertz CT molecular complexity index is 804. The van der Waals surface area contributed by atoms with Crippen LogP contribution in [0.3, 0.4) is 0 Å². The molecule has 1 unspecified atom stereocenters. The smallest absolute Gasteiger partial charge is 0.255 e. The van der Waals surface area contributed by atoms with Crippen LogP contribution in [0.4, 0.5) is 0 Å². The Hall–Kier alpha value is -1.41. The molecule has 3 heterocycles. The van der Waals surface area contributed by atoms with Crippen LogP contribution in [0.15, 0.2) is 57.0 Å². The van der Waals surface area contributed by atoms with Gasteiger partial charge in [-0.25, -0.2) is 4.98 Å². The molecule has 0 N–H and O–H groups in total. The van der Waals surface area contributed by atoms with Crippen molar-refractivity contribution in [1.82, 2.24) is 14.8 Å². The van der Waals surface area contributed by atoms with Gasteiger partial charge in [-0.05, 0) is 53.0 Å². The van der Waals surface area contributed by atoms with Gasteiger partial charge in [-0.2, -0.15) is 0 Å². The second kappa shape index (κ2) is 9.39. The minimum Gasteiger partial charge on any atom is -0.377 e. The second-order valence-corrected chi connectivity index (χ2v) is 9.12. The normalized spacial score (nSPS) is 20.5. The number of halogens is 1. The first-order chi connectivity index (χ1) is 13.7. The third kappa shape index (κ3) is 4.95. The third-order valence-corrected chi connectivity index (χ3v) is 6.67. The van der Waals surface area contributed by atoms with Crippen LogP contribution in [0.25, 0.3) is 0 Å². The molecule has 0 bridgehead atoms. The van der Waals surface area contributed by atoms with E-state index >= 15 is 0 Å². The van der Waals surface area contributed by atoms with Crippen LogP contribution in [-0.4, -0.2) is 66.1 Å². The molecular weight excluding hydrogens is 438 g/mol. The fourth-order valence-electron chi connectivity index (χ4n) is 3.65. The average molecular weight is 462 g/mol. The molecule has 148 valence electrons. The van der Waals surface area contributed by atoms with Crippen LogP contribution in [0.1, 0.15) is 23.2 Å². The van der Waals surface area contributed by atoms with E-state index in [1.54, 1.807) is 6.20 Å². The summed E-state index contributed by atoms with van der Waals surface area (Å²) in [7, 11) is 0. The number of aromatic nitrogens is 1. The lowest BCUT2D eigenvalue weighted by molar-refractivity contribution is 0.0431. The molecule has 2 aliphatic heterocycles. The first-order valence-corrected chi connectivity index (χ1v) is 11.3. The lowest BCUT2D eigenvalue weighted by atomic mass is 10.1. The van der Waals surface area contributed by atoms with E-state index in [0.29, 0.717) is 6.10 Å². The highest BCUT2D eigenvalue weighted by Crippen LogP contribution is 2.30. The van der Waals surface area contributed by atoms with Gasteiger partial charge in [-0.15, -0.1) is 0 Å². The van der Waals surface area contributed by atoms with E-state index in [2.05, 4.69) is 25.8 Å². The monoisotopic (exact) mass is 461 g/mol. The SMILES string of the molecule is O=C(c1ccccc1Sc1ccc(Br)cn1)N1CCN(CC2CCCO2)CC1. The Balaban J connectivity index is 1.39.